The molecular formula is C13H11BrN2O2. The van der Waals surface area contributed by atoms with Gasteiger partial charge in [0, 0.05) is 4.47 Å². The SMILES string of the molecule is Cc1noc(C)c1COc1ccc(Br)cc1C#N. The number of benzene rings is 1. The Balaban J connectivity index is 2.19. The molecule has 2 aromatic rings. The van der Waals surface area contributed by atoms with Crippen LogP contribution in [0, 0.1) is 25.2 Å². The summed E-state index contributed by atoms with van der Waals surface area (Å²) in [7, 11) is 0. The summed E-state index contributed by atoms with van der Waals surface area (Å²) in [5.41, 5.74) is 2.22. The van der Waals surface area contributed by atoms with E-state index in [4.69, 9.17) is 14.5 Å². The lowest BCUT2D eigenvalue weighted by Gasteiger charge is -2.07. The number of nitrogens with zero attached hydrogens (tertiary/aromatic N) is 2. The first-order valence-electron chi connectivity index (χ1n) is 5.36. The molecule has 1 heterocycles. The molecule has 4 nitrogen and oxygen atoms in total. The molecule has 92 valence electrons. The molecule has 0 fully saturated rings. The fraction of sp³-hybridized carbons (Fsp3) is 0.231. The first-order chi connectivity index (χ1) is 8.61. The summed E-state index contributed by atoms with van der Waals surface area (Å²) in [5, 5.41) is 12.9. The second kappa shape index (κ2) is 5.23. The largest absolute Gasteiger partial charge is 0.487 e. The highest BCUT2D eigenvalue weighted by Crippen LogP contribution is 2.24. The molecule has 0 atom stereocenters. The summed E-state index contributed by atoms with van der Waals surface area (Å²) in [6, 6.07) is 7.43. The Morgan fingerprint density at radius 2 is 2.22 bits per heavy atom. The molecule has 18 heavy (non-hydrogen) atoms. The fourth-order valence-electron chi connectivity index (χ4n) is 1.57. The van der Waals surface area contributed by atoms with Gasteiger partial charge in [-0.1, -0.05) is 21.1 Å². The lowest BCUT2D eigenvalue weighted by molar-refractivity contribution is 0.301. The number of nitriles is 1. The maximum absolute atomic E-state index is 9.03. The van der Waals surface area contributed by atoms with Crippen LogP contribution in [-0.2, 0) is 6.61 Å². The van der Waals surface area contributed by atoms with Crippen molar-refractivity contribution < 1.29 is 9.26 Å². The summed E-state index contributed by atoms with van der Waals surface area (Å²) in [4.78, 5) is 0. The monoisotopic (exact) mass is 306 g/mol. The molecular weight excluding hydrogens is 296 g/mol. The highest BCUT2D eigenvalue weighted by molar-refractivity contribution is 9.10. The van der Waals surface area contributed by atoms with Gasteiger partial charge in [-0.2, -0.15) is 5.26 Å². The minimum Gasteiger partial charge on any atom is -0.487 e. The second-order valence-corrected chi connectivity index (χ2v) is 4.76. The zero-order valence-electron chi connectivity index (χ0n) is 10.0. The van der Waals surface area contributed by atoms with Crippen molar-refractivity contribution in [3.05, 3.63) is 45.3 Å². The Morgan fingerprint density at radius 3 is 2.83 bits per heavy atom. The molecule has 5 heteroatoms. The summed E-state index contributed by atoms with van der Waals surface area (Å²) in [6.45, 7) is 4.05. The molecule has 0 unspecified atom stereocenters. The van der Waals surface area contributed by atoms with Crippen LogP contribution in [0.1, 0.15) is 22.6 Å². The van der Waals surface area contributed by atoms with Crippen LogP contribution in [0.3, 0.4) is 0 Å². The molecule has 2 rings (SSSR count). The fourth-order valence-corrected chi connectivity index (χ4v) is 1.93. The van der Waals surface area contributed by atoms with Gasteiger partial charge in [-0.25, -0.2) is 0 Å². The number of ether oxygens (including phenoxy) is 1. The highest BCUT2D eigenvalue weighted by atomic mass is 79.9. The van der Waals surface area contributed by atoms with Crippen LogP contribution in [0.15, 0.2) is 27.2 Å². The third-order valence-corrected chi connectivity index (χ3v) is 3.11. The van der Waals surface area contributed by atoms with Crippen molar-refractivity contribution in [2.24, 2.45) is 0 Å². The number of hydrogen-bond donors (Lipinski definition) is 0. The molecule has 0 saturated heterocycles. The Kier molecular flexibility index (Phi) is 3.68. The van der Waals surface area contributed by atoms with E-state index in [1.165, 1.54) is 0 Å². The van der Waals surface area contributed by atoms with E-state index in [1.807, 2.05) is 19.9 Å². The van der Waals surface area contributed by atoms with Gasteiger partial charge < -0.3 is 9.26 Å². The third kappa shape index (κ3) is 2.54. The van der Waals surface area contributed by atoms with Crippen molar-refractivity contribution >= 4 is 15.9 Å². The maximum Gasteiger partial charge on any atom is 0.140 e. The van der Waals surface area contributed by atoms with Crippen LogP contribution in [-0.4, -0.2) is 5.16 Å². The predicted molar refractivity (Wildman–Crippen MR) is 69.2 cm³/mol. The minimum absolute atomic E-state index is 0.345. The van der Waals surface area contributed by atoms with E-state index in [-0.39, 0.29) is 0 Å². The Hall–Kier alpha value is -1.80. The Bertz CT molecular complexity index is 594. The van der Waals surface area contributed by atoms with Crippen LogP contribution in [0.4, 0.5) is 0 Å². The molecule has 1 aromatic carbocycles. The average molecular weight is 307 g/mol. The van der Waals surface area contributed by atoms with Gasteiger partial charge in [-0.3, -0.25) is 0 Å². The number of aryl methyl sites for hydroxylation is 2. The number of hydrogen-bond acceptors (Lipinski definition) is 4. The first-order valence-corrected chi connectivity index (χ1v) is 6.15. The molecule has 0 N–H and O–H groups in total. The second-order valence-electron chi connectivity index (χ2n) is 3.84. The molecule has 0 saturated carbocycles. The van der Waals surface area contributed by atoms with Gasteiger partial charge in [-0.05, 0) is 32.0 Å². The Labute approximate surface area is 113 Å². The van der Waals surface area contributed by atoms with Crippen molar-refractivity contribution in [1.82, 2.24) is 5.16 Å². The van der Waals surface area contributed by atoms with Gasteiger partial charge in [0.2, 0.25) is 0 Å². The molecule has 0 spiro atoms. The summed E-state index contributed by atoms with van der Waals surface area (Å²) >= 11 is 3.32. The van der Waals surface area contributed by atoms with E-state index >= 15 is 0 Å². The predicted octanol–water partition coefficient (Wildman–Crippen LogP) is 3.50. The first kappa shape index (κ1) is 12.7. The van der Waals surface area contributed by atoms with E-state index in [9.17, 15) is 0 Å². The lowest BCUT2D eigenvalue weighted by atomic mass is 10.2. The van der Waals surface area contributed by atoms with E-state index in [0.717, 1.165) is 21.5 Å². The van der Waals surface area contributed by atoms with Crippen molar-refractivity contribution in [3.63, 3.8) is 0 Å². The van der Waals surface area contributed by atoms with E-state index in [2.05, 4.69) is 27.2 Å². The minimum atomic E-state index is 0.345. The van der Waals surface area contributed by atoms with Crippen LogP contribution in [0.25, 0.3) is 0 Å². The highest BCUT2D eigenvalue weighted by Gasteiger charge is 2.11. The average Bonchev–Trinajstić information content (AvgIpc) is 2.68. The van der Waals surface area contributed by atoms with Gasteiger partial charge in [-0.15, -0.1) is 0 Å². The van der Waals surface area contributed by atoms with Crippen molar-refractivity contribution in [1.29, 1.82) is 5.26 Å². The standard InChI is InChI=1S/C13H11BrN2O2/c1-8-12(9(2)18-16-8)7-17-13-4-3-11(14)5-10(13)6-15/h3-5H,7H2,1-2H3. The number of rotatable bonds is 3. The van der Waals surface area contributed by atoms with Crippen LogP contribution < -0.4 is 4.74 Å². The topological polar surface area (TPSA) is 59.1 Å². The zero-order chi connectivity index (χ0) is 13.1. The van der Waals surface area contributed by atoms with Gasteiger partial charge in [0.1, 0.15) is 24.2 Å². The van der Waals surface area contributed by atoms with E-state index in [1.54, 1.807) is 12.1 Å². The molecule has 0 amide bonds. The zero-order valence-corrected chi connectivity index (χ0v) is 11.6. The summed E-state index contributed by atoms with van der Waals surface area (Å²) in [6.07, 6.45) is 0. The quantitative estimate of drug-likeness (QED) is 0.870. The molecule has 0 radical (unpaired) electrons. The molecule has 0 aliphatic heterocycles. The lowest BCUT2D eigenvalue weighted by Crippen LogP contribution is -1.99. The number of aromatic nitrogens is 1. The van der Waals surface area contributed by atoms with E-state index in [0.29, 0.717) is 17.9 Å². The van der Waals surface area contributed by atoms with Gasteiger partial charge in [0.05, 0.1) is 16.8 Å². The van der Waals surface area contributed by atoms with E-state index < -0.39 is 0 Å². The Morgan fingerprint density at radius 1 is 1.44 bits per heavy atom. The summed E-state index contributed by atoms with van der Waals surface area (Å²) in [5.74, 6) is 1.30. The van der Waals surface area contributed by atoms with Gasteiger partial charge >= 0.3 is 0 Å². The van der Waals surface area contributed by atoms with Gasteiger partial charge in [0.25, 0.3) is 0 Å². The van der Waals surface area contributed by atoms with Crippen LogP contribution in [0.5, 0.6) is 5.75 Å². The molecule has 0 bridgehead atoms. The van der Waals surface area contributed by atoms with Gasteiger partial charge in [0.15, 0.2) is 0 Å². The normalized spacial score (nSPS) is 10.1. The van der Waals surface area contributed by atoms with Crippen LogP contribution >= 0.6 is 15.9 Å². The van der Waals surface area contributed by atoms with Crippen molar-refractivity contribution in [2.45, 2.75) is 20.5 Å². The summed E-state index contributed by atoms with van der Waals surface area (Å²) < 4.78 is 11.6. The molecule has 1 aromatic heterocycles. The molecule has 0 aliphatic rings. The smallest absolute Gasteiger partial charge is 0.140 e. The number of halogens is 1. The van der Waals surface area contributed by atoms with Crippen molar-refractivity contribution in [2.75, 3.05) is 0 Å². The van der Waals surface area contributed by atoms with Crippen molar-refractivity contribution in [3.8, 4) is 11.8 Å². The van der Waals surface area contributed by atoms with Crippen LogP contribution in [0.2, 0.25) is 0 Å². The molecule has 0 aliphatic carbocycles. The maximum atomic E-state index is 9.03. The third-order valence-electron chi connectivity index (χ3n) is 2.62.